The monoisotopic (exact) mass is 178 g/mol. The molecule has 1 heterocycles. The van der Waals surface area contributed by atoms with Gasteiger partial charge >= 0.3 is 0 Å². The molecule has 0 bridgehead atoms. The van der Waals surface area contributed by atoms with Gasteiger partial charge in [-0.1, -0.05) is 6.92 Å². The Morgan fingerprint density at radius 1 is 1.62 bits per heavy atom. The molecule has 0 amide bonds. The van der Waals surface area contributed by atoms with Gasteiger partial charge in [-0.2, -0.15) is 5.10 Å². The van der Waals surface area contributed by atoms with E-state index in [1.54, 1.807) is 11.1 Å². The molecule has 1 aliphatic carbocycles. The van der Waals surface area contributed by atoms with Gasteiger partial charge in [0.25, 0.3) is 0 Å². The van der Waals surface area contributed by atoms with Crippen molar-refractivity contribution < 1.29 is 0 Å². The number of nitrogens with zero attached hydrogens (tertiary/aromatic N) is 4. The molecule has 70 valence electrons. The van der Waals surface area contributed by atoms with E-state index in [4.69, 9.17) is 0 Å². The lowest BCUT2D eigenvalue weighted by molar-refractivity contribution is 0.495. The second-order valence-electron chi connectivity index (χ2n) is 3.68. The fourth-order valence-corrected chi connectivity index (χ4v) is 1.75. The van der Waals surface area contributed by atoms with Crippen molar-refractivity contribution in [3.05, 3.63) is 12.7 Å². The van der Waals surface area contributed by atoms with Gasteiger partial charge in [0, 0.05) is 5.71 Å². The Balaban J connectivity index is 2.07. The summed E-state index contributed by atoms with van der Waals surface area (Å²) in [6.07, 6.45) is 7.96. The van der Waals surface area contributed by atoms with Gasteiger partial charge in [-0.3, -0.25) is 0 Å². The number of aromatic nitrogens is 3. The average Bonchev–Trinajstić information content (AvgIpc) is 2.57. The summed E-state index contributed by atoms with van der Waals surface area (Å²) in [6.45, 7) is 2.27. The fraction of sp³-hybridized carbons (Fsp3) is 0.667. The third-order valence-corrected chi connectivity index (χ3v) is 2.40. The molecule has 13 heavy (non-hydrogen) atoms. The fourth-order valence-electron chi connectivity index (χ4n) is 1.75. The topological polar surface area (TPSA) is 43.1 Å². The molecule has 0 N–H and O–H groups in total. The first-order valence-corrected chi connectivity index (χ1v) is 4.76. The smallest absolute Gasteiger partial charge is 0.139 e. The summed E-state index contributed by atoms with van der Waals surface area (Å²) in [6, 6.07) is 0. The first-order valence-electron chi connectivity index (χ1n) is 4.76. The number of hydrogen-bond acceptors (Lipinski definition) is 3. The minimum atomic E-state index is 0.774. The summed E-state index contributed by atoms with van der Waals surface area (Å²) in [4.78, 5) is 5.40. The molecular formula is C9H14N4. The Hall–Kier alpha value is -1.19. The van der Waals surface area contributed by atoms with Gasteiger partial charge in [0.15, 0.2) is 0 Å². The highest BCUT2D eigenvalue weighted by Gasteiger charge is 2.13. The van der Waals surface area contributed by atoms with Crippen LogP contribution in [0.2, 0.25) is 0 Å². The maximum Gasteiger partial charge on any atom is 0.139 e. The molecule has 0 saturated heterocycles. The minimum absolute atomic E-state index is 0.774. The highest BCUT2D eigenvalue weighted by molar-refractivity contribution is 5.85. The van der Waals surface area contributed by atoms with E-state index in [1.807, 2.05) is 0 Å². The van der Waals surface area contributed by atoms with Crippen LogP contribution in [0, 0.1) is 5.92 Å². The van der Waals surface area contributed by atoms with Crippen LogP contribution in [0.5, 0.6) is 0 Å². The molecule has 1 aromatic heterocycles. The normalized spacial score (nSPS) is 26.5. The van der Waals surface area contributed by atoms with Crippen LogP contribution in [0.25, 0.3) is 0 Å². The predicted molar refractivity (Wildman–Crippen MR) is 50.5 cm³/mol. The van der Waals surface area contributed by atoms with Crippen molar-refractivity contribution in [3.8, 4) is 0 Å². The molecule has 0 spiro atoms. The van der Waals surface area contributed by atoms with Crippen molar-refractivity contribution in [2.75, 3.05) is 0 Å². The Morgan fingerprint density at radius 2 is 2.54 bits per heavy atom. The molecule has 2 rings (SSSR count). The first kappa shape index (κ1) is 8.41. The van der Waals surface area contributed by atoms with Crippen molar-refractivity contribution in [3.63, 3.8) is 0 Å². The maximum atomic E-state index is 4.39. The summed E-state index contributed by atoms with van der Waals surface area (Å²) < 4.78 is 0. The van der Waals surface area contributed by atoms with Crippen LogP contribution in [-0.2, 0) is 0 Å². The zero-order valence-electron chi connectivity index (χ0n) is 7.85. The largest absolute Gasteiger partial charge is 0.221 e. The van der Waals surface area contributed by atoms with Gasteiger partial charge in [0.1, 0.15) is 12.7 Å². The molecule has 1 fully saturated rings. The maximum absolute atomic E-state index is 4.39. The Kier molecular flexibility index (Phi) is 2.38. The second-order valence-corrected chi connectivity index (χ2v) is 3.68. The average molecular weight is 178 g/mol. The van der Waals surface area contributed by atoms with Crippen LogP contribution in [0.1, 0.15) is 32.6 Å². The Bertz CT molecular complexity index is 289. The van der Waals surface area contributed by atoms with Crippen molar-refractivity contribution in [2.45, 2.75) is 32.6 Å². The van der Waals surface area contributed by atoms with Crippen LogP contribution in [-0.4, -0.2) is 20.6 Å². The van der Waals surface area contributed by atoms with Gasteiger partial charge in [-0.15, -0.1) is 9.89 Å². The molecule has 4 heteroatoms. The van der Waals surface area contributed by atoms with E-state index in [-0.39, 0.29) is 0 Å². The molecular weight excluding hydrogens is 164 g/mol. The van der Waals surface area contributed by atoms with Crippen LogP contribution >= 0.6 is 0 Å². The van der Waals surface area contributed by atoms with Gasteiger partial charge in [-0.25, -0.2) is 4.98 Å². The third-order valence-electron chi connectivity index (χ3n) is 2.40. The summed E-state index contributed by atoms with van der Waals surface area (Å²) >= 11 is 0. The highest BCUT2D eigenvalue weighted by atomic mass is 15.5. The summed E-state index contributed by atoms with van der Waals surface area (Å²) in [5, 5.41) is 8.34. The molecule has 1 aromatic rings. The first-order chi connectivity index (χ1) is 6.34. The molecule has 4 nitrogen and oxygen atoms in total. The van der Waals surface area contributed by atoms with Crippen LogP contribution < -0.4 is 0 Å². The van der Waals surface area contributed by atoms with Crippen LogP contribution in [0.15, 0.2) is 17.8 Å². The Labute approximate surface area is 77.7 Å². The van der Waals surface area contributed by atoms with E-state index >= 15 is 0 Å². The van der Waals surface area contributed by atoms with Crippen molar-refractivity contribution in [2.24, 2.45) is 11.0 Å². The minimum Gasteiger partial charge on any atom is -0.221 e. The van der Waals surface area contributed by atoms with E-state index in [2.05, 4.69) is 22.1 Å². The van der Waals surface area contributed by atoms with Gasteiger partial charge in [0.05, 0.1) is 0 Å². The van der Waals surface area contributed by atoms with E-state index < -0.39 is 0 Å². The van der Waals surface area contributed by atoms with E-state index in [0.29, 0.717) is 0 Å². The van der Waals surface area contributed by atoms with E-state index in [0.717, 1.165) is 18.8 Å². The quantitative estimate of drug-likeness (QED) is 0.656. The van der Waals surface area contributed by atoms with Crippen molar-refractivity contribution in [1.29, 1.82) is 0 Å². The molecule has 1 unspecified atom stereocenters. The SMILES string of the molecule is CC1CCC/C(=N\n2cncn2)C1. The zero-order valence-corrected chi connectivity index (χ0v) is 7.85. The van der Waals surface area contributed by atoms with Crippen molar-refractivity contribution in [1.82, 2.24) is 14.9 Å². The lowest BCUT2D eigenvalue weighted by Crippen LogP contribution is -2.14. The summed E-state index contributed by atoms with van der Waals surface area (Å²) in [5.41, 5.74) is 1.25. The third kappa shape index (κ3) is 2.14. The van der Waals surface area contributed by atoms with Crippen LogP contribution in [0.3, 0.4) is 0 Å². The highest BCUT2D eigenvalue weighted by Crippen LogP contribution is 2.21. The molecule has 0 radical (unpaired) electrons. The number of hydrogen-bond donors (Lipinski definition) is 0. The van der Waals surface area contributed by atoms with Gasteiger partial charge in [0.2, 0.25) is 0 Å². The zero-order chi connectivity index (χ0) is 9.10. The van der Waals surface area contributed by atoms with Gasteiger partial charge < -0.3 is 0 Å². The molecule has 1 aliphatic rings. The standard InChI is InChI=1S/C9H14N4/c1-8-3-2-4-9(5-8)12-13-7-10-6-11-13/h6-8H,2-5H2,1H3/b12-9+. The molecule has 1 saturated carbocycles. The lowest BCUT2D eigenvalue weighted by atomic mass is 9.89. The van der Waals surface area contributed by atoms with E-state index in [9.17, 15) is 0 Å². The van der Waals surface area contributed by atoms with Crippen LogP contribution in [0.4, 0.5) is 0 Å². The van der Waals surface area contributed by atoms with E-state index in [1.165, 1.54) is 24.9 Å². The second kappa shape index (κ2) is 3.68. The summed E-state index contributed by atoms with van der Waals surface area (Å²) in [7, 11) is 0. The predicted octanol–water partition coefficient (Wildman–Crippen LogP) is 1.69. The lowest BCUT2D eigenvalue weighted by Gasteiger charge is -2.18. The summed E-state index contributed by atoms with van der Waals surface area (Å²) in [5.74, 6) is 0.774. The molecule has 1 atom stereocenters. The number of rotatable bonds is 1. The Morgan fingerprint density at radius 3 is 3.23 bits per heavy atom. The van der Waals surface area contributed by atoms with Gasteiger partial charge in [-0.05, 0) is 31.6 Å². The molecule has 0 aromatic carbocycles. The molecule has 0 aliphatic heterocycles. The van der Waals surface area contributed by atoms with Crippen molar-refractivity contribution >= 4 is 5.71 Å².